The monoisotopic (exact) mass is 351 g/mol. The molecule has 5 nitrogen and oxygen atoms in total. The molecule has 1 aliphatic heterocycles. The zero-order valence-electron chi connectivity index (χ0n) is 15.5. The Kier molecular flexibility index (Phi) is 6.16. The van der Waals surface area contributed by atoms with Crippen LogP contribution < -0.4 is 5.32 Å². The fourth-order valence-corrected chi connectivity index (χ4v) is 3.76. The van der Waals surface area contributed by atoms with Crippen LogP contribution >= 0.6 is 0 Å². The van der Waals surface area contributed by atoms with Crippen molar-refractivity contribution in [1.82, 2.24) is 0 Å². The van der Waals surface area contributed by atoms with Crippen LogP contribution in [0.25, 0.3) is 0 Å². The Morgan fingerprint density at radius 2 is 1.92 bits per heavy atom. The number of aryl methyl sites for hydroxylation is 1. The van der Waals surface area contributed by atoms with Crippen molar-refractivity contribution in [3.8, 4) is 0 Å². The summed E-state index contributed by atoms with van der Waals surface area (Å²) in [6.45, 7) is 7.49. The van der Waals surface area contributed by atoms with E-state index in [9.17, 15) is 14.0 Å². The molecule has 1 amide bonds. The lowest BCUT2D eigenvalue weighted by Crippen LogP contribution is -2.55. The van der Waals surface area contributed by atoms with E-state index in [4.69, 9.17) is 4.74 Å². The molecule has 1 unspecified atom stereocenters. The van der Waals surface area contributed by atoms with Gasteiger partial charge in [0.25, 0.3) is 5.91 Å². The van der Waals surface area contributed by atoms with Crippen molar-refractivity contribution in [3.63, 3.8) is 0 Å². The molecule has 0 spiro atoms. The van der Waals surface area contributed by atoms with Gasteiger partial charge in [0.2, 0.25) is 0 Å². The standard InChI is InChI=1S/C19H27FN2O3/c1-5-16(22(4)9-7-8-10-22)18(23)21-17-13(3)11-14(20)12-15(17)19(24)25-6-2/h11-12,16H,5-10H2,1-4H3/p+1. The second-order valence-corrected chi connectivity index (χ2v) is 6.91. The number of esters is 1. The molecule has 0 aromatic heterocycles. The highest BCUT2D eigenvalue weighted by Crippen LogP contribution is 2.27. The van der Waals surface area contributed by atoms with Crippen LogP contribution in [0.15, 0.2) is 12.1 Å². The third kappa shape index (κ3) is 4.18. The van der Waals surface area contributed by atoms with Gasteiger partial charge in [-0.15, -0.1) is 0 Å². The highest BCUT2D eigenvalue weighted by atomic mass is 19.1. The lowest BCUT2D eigenvalue weighted by Gasteiger charge is -2.36. The number of nitrogens with zero attached hydrogens (tertiary/aromatic N) is 1. The van der Waals surface area contributed by atoms with Gasteiger partial charge >= 0.3 is 5.97 Å². The van der Waals surface area contributed by atoms with Crippen molar-refractivity contribution >= 4 is 17.6 Å². The van der Waals surface area contributed by atoms with Crippen LogP contribution in [-0.2, 0) is 9.53 Å². The summed E-state index contributed by atoms with van der Waals surface area (Å²) in [6, 6.07) is 2.24. The second-order valence-electron chi connectivity index (χ2n) is 6.91. The topological polar surface area (TPSA) is 55.4 Å². The Hall–Kier alpha value is -1.95. The van der Waals surface area contributed by atoms with Gasteiger partial charge in [0, 0.05) is 19.3 Å². The molecule has 0 saturated carbocycles. The number of carbonyl (C=O) groups is 2. The Bertz CT molecular complexity index is 654. The van der Waals surface area contributed by atoms with Gasteiger partial charge in [-0.1, -0.05) is 6.92 Å². The first-order chi connectivity index (χ1) is 11.8. The minimum Gasteiger partial charge on any atom is -0.462 e. The van der Waals surface area contributed by atoms with Gasteiger partial charge in [-0.3, -0.25) is 4.79 Å². The average Bonchev–Trinajstić information content (AvgIpc) is 2.97. The van der Waals surface area contributed by atoms with Gasteiger partial charge in [-0.05, 0) is 31.5 Å². The van der Waals surface area contributed by atoms with Crippen molar-refractivity contribution < 1.29 is 23.2 Å². The van der Waals surface area contributed by atoms with Gasteiger partial charge in [-0.25, -0.2) is 9.18 Å². The molecule has 1 heterocycles. The highest BCUT2D eigenvalue weighted by Gasteiger charge is 2.39. The maximum Gasteiger partial charge on any atom is 0.340 e. The van der Waals surface area contributed by atoms with E-state index in [0.717, 1.165) is 32.0 Å². The first kappa shape index (κ1) is 19.4. The summed E-state index contributed by atoms with van der Waals surface area (Å²) < 4.78 is 19.5. The number of benzene rings is 1. The number of hydrogen-bond donors (Lipinski definition) is 1. The van der Waals surface area contributed by atoms with E-state index >= 15 is 0 Å². The van der Waals surface area contributed by atoms with Gasteiger partial charge in [0.1, 0.15) is 5.82 Å². The molecule has 1 saturated heterocycles. The number of quaternary nitrogens is 1. The molecular weight excluding hydrogens is 323 g/mol. The molecule has 1 aromatic rings. The van der Waals surface area contributed by atoms with Crippen LogP contribution in [0, 0.1) is 12.7 Å². The van der Waals surface area contributed by atoms with Crippen LogP contribution in [0.3, 0.4) is 0 Å². The fourth-order valence-electron chi connectivity index (χ4n) is 3.76. The molecule has 1 aromatic carbocycles. The van der Waals surface area contributed by atoms with Gasteiger partial charge in [0.05, 0.1) is 38.0 Å². The Morgan fingerprint density at radius 3 is 2.48 bits per heavy atom. The molecule has 1 atom stereocenters. The predicted molar refractivity (Wildman–Crippen MR) is 95.0 cm³/mol. The van der Waals surface area contributed by atoms with E-state index < -0.39 is 11.8 Å². The first-order valence-electron chi connectivity index (χ1n) is 8.94. The number of carbonyl (C=O) groups excluding carboxylic acids is 2. The molecule has 138 valence electrons. The number of rotatable bonds is 6. The summed E-state index contributed by atoms with van der Waals surface area (Å²) in [5, 5.41) is 2.88. The molecule has 0 bridgehead atoms. The number of likely N-dealkylation sites (tertiary alicyclic amines) is 1. The summed E-state index contributed by atoms with van der Waals surface area (Å²) in [5.74, 6) is -1.29. The molecule has 0 aliphatic carbocycles. The van der Waals surface area contributed by atoms with E-state index in [-0.39, 0.29) is 24.1 Å². The predicted octanol–water partition coefficient (Wildman–Crippen LogP) is 3.27. The average molecular weight is 351 g/mol. The number of amides is 1. The molecule has 25 heavy (non-hydrogen) atoms. The third-order valence-electron chi connectivity index (χ3n) is 5.07. The zero-order valence-corrected chi connectivity index (χ0v) is 15.5. The van der Waals surface area contributed by atoms with Crippen molar-refractivity contribution in [2.45, 2.75) is 46.1 Å². The largest absolute Gasteiger partial charge is 0.462 e. The lowest BCUT2D eigenvalue weighted by atomic mass is 10.1. The number of anilines is 1. The summed E-state index contributed by atoms with van der Waals surface area (Å²) in [5.41, 5.74) is 0.913. The fraction of sp³-hybridized carbons (Fsp3) is 0.579. The van der Waals surface area contributed by atoms with Crippen molar-refractivity contribution in [1.29, 1.82) is 0 Å². The summed E-state index contributed by atoms with van der Waals surface area (Å²) >= 11 is 0. The quantitative estimate of drug-likeness (QED) is 0.632. The maximum atomic E-state index is 13.8. The van der Waals surface area contributed by atoms with Crippen LogP contribution in [0.1, 0.15) is 49.0 Å². The molecular formula is C19H28FN2O3+. The second kappa shape index (κ2) is 7.95. The van der Waals surface area contributed by atoms with E-state index in [1.165, 1.54) is 6.07 Å². The zero-order chi connectivity index (χ0) is 18.6. The van der Waals surface area contributed by atoms with Gasteiger partial charge in [-0.2, -0.15) is 0 Å². The van der Waals surface area contributed by atoms with Crippen LogP contribution in [0.4, 0.5) is 10.1 Å². The molecule has 6 heteroatoms. The van der Waals surface area contributed by atoms with Crippen LogP contribution in [0.5, 0.6) is 0 Å². The van der Waals surface area contributed by atoms with E-state index in [1.807, 2.05) is 6.92 Å². The van der Waals surface area contributed by atoms with E-state index in [1.54, 1.807) is 13.8 Å². The van der Waals surface area contributed by atoms with Crippen molar-refractivity contribution in [2.24, 2.45) is 0 Å². The number of nitrogens with one attached hydrogen (secondary N) is 1. The number of hydrogen-bond acceptors (Lipinski definition) is 3. The Balaban J connectivity index is 2.32. The summed E-state index contributed by atoms with van der Waals surface area (Å²) in [4.78, 5) is 25.1. The maximum absolute atomic E-state index is 13.8. The highest BCUT2D eigenvalue weighted by molar-refractivity contribution is 6.03. The first-order valence-corrected chi connectivity index (χ1v) is 8.94. The van der Waals surface area contributed by atoms with Gasteiger partial charge in [0.15, 0.2) is 6.04 Å². The van der Waals surface area contributed by atoms with E-state index in [2.05, 4.69) is 12.4 Å². The SMILES string of the molecule is CCOC(=O)c1cc(F)cc(C)c1NC(=O)C(CC)[N+]1(C)CCCC1. The van der Waals surface area contributed by atoms with E-state index in [0.29, 0.717) is 22.2 Å². The molecule has 0 radical (unpaired) electrons. The third-order valence-corrected chi connectivity index (χ3v) is 5.07. The van der Waals surface area contributed by atoms with Crippen LogP contribution in [-0.4, -0.2) is 49.1 Å². The number of likely N-dealkylation sites (N-methyl/N-ethyl adjacent to an activating group) is 1. The normalized spacial score (nSPS) is 17.2. The Morgan fingerprint density at radius 1 is 1.28 bits per heavy atom. The smallest absolute Gasteiger partial charge is 0.340 e. The Labute approximate surface area is 148 Å². The molecule has 1 fully saturated rings. The number of halogens is 1. The molecule has 1 N–H and O–H groups in total. The van der Waals surface area contributed by atoms with Crippen molar-refractivity contribution in [3.05, 3.63) is 29.1 Å². The summed E-state index contributed by atoms with van der Waals surface area (Å²) in [7, 11) is 2.10. The summed E-state index contributed by atoms with van der Waals surface area (Å²) in [6.07, 6.45) is 2.94. The molecule has 1 aliphatic rings. The lowest BCUT2D eigenvalue weighted by molar-refractivity contribution is -0.913. The molecule has 2 rings (SSSR count). The van der Waals surface area contributed by atoms with Gasteiger partial charge < -0.3 is 14.5 Å². The minimum atomic E-state index is -0.630. The number of ether oxygens (including phenoxy) is 1. The van der Waals surface area contributed by atoms with Crippen molar-refractivity contribution in [2.75, 3.05) is 32.1 Å². The van der Waals surface area contributed by atoms with Crippen LogP contribution in [0.2, 0.25) is 0 Å². The minimum absolute atomic E-state index is 0.0617.